The van der Waals surface area contributed by atoms with Crippen LogP contribution in [0.25, 0.3) is 0 Å². The Labute approximate surface area is 195 Å². The predicted octanol–water partition coefficient (Wildman–Crippen LogP) is 2.20. The molecule has 0 atom stereocenters. The van der Waals surface area contributed by atoms with Gasteiger partial charge in [-0.3, -0.25) is 28.9 Å². The Morgan fingerprint density at radius 3 is 2.32 bits per heavy atom. The highest BCUT2D eigenvalue weighted by molar-refractivity contribution is 7.92. The van der Waals surface area contributed by atoms with E-state index in [0.29, 0.717) is 0 Å². The molecule has 0 saturated heterocycles. The van der Waals surface area contributed by atoms with Crippen LogP contribution in [0.1, 0.15) is 0 Å². The molecule has 1 heterocycles. The fraction of sp³-hybridized carbons (Fsp3) is 0.100. The van der Waals surface area contributed by atoms with Crippen molar-refractivity contribution in [2.45, 2.75) is 4.90 Å². The molecular weight excluding hydrogens is 486 g/mol. The minimum absolute atomic E-state index is 0.0465. The number of hydrogen-bond acceptors (Lipinski definition) is 8. The van der Waals surface area contributed by atoms with Crippen molar-refractivity contribution in [1.29, 1.82) is 0 Å². The molecule has 0 aliphatic heterocycles. The van der Waals surface area contributed by atoms with Gasteiger partial charge in [0.05, 0.1) is 33.6 Å². The van der Waals surface area contributed by atoms with Crippen LogP contribution in [0.4, 0.5) is 22.7 Å². The summed E-state index contributed by atoms with van der Waals surface area (Å²) in [6, 6.07) is 13.2. The number of anilines is 3. The lowest BCUT2D eigenvalue weighted by molar-refractivity contribution is -0.384. The first-order valence-electron chi connectivity index (χ1n) is 9.51. The van der Waals surface area contributed by atoms with Crippen LogP contribution in [0.5, 0.6) is 0 Å². The first-order valence-corrected chi connectivity index (χ1v) is 12.8. The number of nitrogens with zero attached hydrogens (tertiary/aromatic N) is 3. The molecule has 3 aromatic rings. The van der Waals surface area contributed by atoms with Crippen molar-refractivity contribution in [3.63, 3.8) is 0 Å². The first-order chi connectivity index (χ1) is 16.0. The van der Waals surface area contributed by atoms with Crippen molar-refractivity contribution in [2.24, 2.45) is 0 Å². The average Bonchev–Trinajstić information content (AvgIpc) is 2.77. The van der Waals surface area contributed by atoms with Crippen LogP contribution in [-0.4, -0.2) is 45.5 Å². The van der Waals surface area contributed by atoms with Crippen molar-refractivity contribution < 1.29 is 26.6 Å². The highest BCUT2D eigenvalue weighted by Gasteiger charge is 2.23. The van der Waals surface area contributed by atoms with Gasteiger partial charge in [0, 0.05) is 24.0 Å². The molecule has 2 aromatic carbocycles. The number of nitro benzene ring substituents is 1. The van der Waals surface area contributed by atoms with Crippen LogP contribution in [0.2, 0.25) is 0 Å². The molecule has 14 heteroatoms. The summed E-state index contributed by atoms with van der Waals surface area (Å²) in [5.74, 6) is -0.735. The van der Waals surface area contributed by atoms with Gasteiger partial charge in [0.15, 0.2) is 0 Å². The fourth-order valence-electron chi connectivity index (χ4n) is 2.85. The van der Waals surface area contributed by atoms with Gasteiger partial charge in [-0.1, -0.05) is 6.07 Å². The summed E-state index contributed by atoms with van der Waals surface area (Å²) in [5, 5.41) is 13.5. The third-order valence-corrected chi connectivity index (χ3v) is 6.92. The number of benzene rings is 2. The molecule has 178 valence electrons. The van der Waals surface area contributed by atoms with E-state index in [2.05, 4.69) is 15.0 Å². The molecule has 2 N–H and O–H groups in total. The van der Waals surface area contributed by atoms with Gasteiger partial charge in [-0.25, -0.2) is 16.8 Å². The molecule has 34 heavy (non-hydrogen) atoms. The number of nitrogens with one attached hydrogen (secondary N) is 2. The number of aromatic nitrogens is 1. The highest BCUT2D eigenvalue weighted by atomic mass is 32.2. The summed E-state index contributed by atoms with van der Waals surface area (Å²) in [7, 11) is -7.84. The molecule has 1 amide bonds. The predicted molar refractivity (Wildman–Crippen MR) is 125 cm³/mol. The Morgan fingerprint density at radius 1 is 1.03 bits per heavy atom. The molecule has 0 bridgehead atoms. The zero-order valence-corrected chi connectivity index (χ0v) is 19.3. The maximum atomic E-state index is 12.5. The SMILES string of the molecule is CS(=O)(=O)N(CC(=O)Nc1ccc(S(=O)(=O)Nc2cccnc2)cc1)c1cccc([N+](=O)[O-])c1. The van der Waals surface area contributed by atoms with Crippen molar-refractivity contribution in [3.05, 3.63) is 83.2 Å². The Kier molecular flexibility index (Phi) is 7.12. The van der Waals surface area contributed by atoms with Crippen molar-refractivity contribution in [2.75, 3.05) is 27.1 Å². The maximum Gasteiger partial charge on any atom is 0.271 e. The van der Waals surface area contributed by atoms with Crippen molar-refractivity contribution >= 4 is 48.7 Å². The summed E-state index contributed by atoms with van der Waals surface area (Å²) >= 11 is 0. The molecule has 0 aliphatic carbocycles. The lowest BCUT2D eigenvalue weighted by Gasteiger charge is -2.21. The first kappa shape index (κ1) is 24.6. The molecule has 0 spiro atoms. The largest absolute Gasteiger partial charge is 0.325 e. The van der Waals surface area contributed by atoms with Gasteiger partial charge in [-0.05, 0) is 42.5 Å². The van der Waals surface area contributed by atoms with Crippen LogP contribution in [0.15, 0.2) is 78.0 Å². The van der Waals surface area contributed by atoms with E-state index in [1.54, 1.807) is 6.07 Å². The molecule has 3 rings (SSSR count). The second-order valence-electron chi connectivity index (χ2n) is 6.97. The number of pyridine rings is 1. The lowest BCUT2D eigenvalue weighted by atomic mass is 10.3. The number of sulfonamides is 2. The molecule has 0 fully saturated rings. The van der Waals surface area contributed by atoms with Gasteiger partial charge in [0.1, 0.15) is 6.54 Å². The summed E-state index contributed by atoms with van der Waals surface area (Å²) < 4.78 is 52.5. The van der Waals surface area contributed by atoms with E-state index < -0.39 is 37.4 Å². The molecule has 1 aromatic heterocycles. The third kappa shape index (κ3) is 6.26. The van der Waals surface area contributed by atoms with E-state index in [9.17, 15) is 31.7 Å². The Bertz CT molecular complexity index is 1410. The van der Waals surface area contributed by atoms with Gasteiger partial charge >= 0.3 is 0 Å². The van der Waals surface area contributed by atoms with E-state index in [1.165, 1.54) is 60.9 Å². The number of nitro groups is 1. The summed E-state index contributed by atoms with van der Waals surface area (Å²) in [5.41, 5.74) is 0.123. The summed E-state index contributed by atoms with van der Waals surface area (Å²) in [6.07, 6.45) is 3.72. The third-order valence-electron chi connectivity index (χ3n) is 4.38. The van der Waals surface area contributed by atoms with E-state index in [0.717, 1.165) is 16.6 Å². The van der Waals surface area contributed by atoms with E-state index in [1.807, 2.05) is 0 Å². The monoisotopic (exact) mass is 505 g/mol. The number of rotatable bonds is 9. The zero-order chi connectivity index (χ0) is 24.9. The van der Waals surface area contributed by atoms with Crippen LogP contribution >= 0.6 is 0 Å². The van der Waals surface area contributed by atoms with E-state index >= 15 is 0 Å². The number of hydrogen-bond donors (Lipinski definition) is 2. The Hall–Kier alpha value is -4.04. The lowest BCUT2D eigenvalue weighted by Crippen LogP contribution is -2.37. The minimum Gasteiger partial charge on any atom is -0.325 e. The van der Waals surface area contributed by atoms with Crippen molar-refractivity contribution in [1.82, 2.24) is 4.98 Å². The van der Waals surface area contributed by atoms with Gasteiger partial charge in [0.2, 0.25) is 15.9 Å². The Morgan fingerprint density at radius 2 is 1.74 bits per heavy atom. The molecular formula is C20H19N5O7S2. The number of carbonyl (C=O) groups excluding carboxylic acids is 1. The second-order valence-corrected chi connectivity index (χ2v) is 10.6. The molecule has 12 nitrogen and oxygen atoms in total. The average molecular weight is 506 g/mol. The summed E-state index contributed by atoms with van der Waals surface area (Å²) in [4.78, 5) is 26.6. The second kappa shape index (κ2) is 9.84. The van der Waals surface area contributed by atoms with Crippen LogP contribution < -0.4 is 14.3 Å². The van der Waals surface area contributed by atoms with E-state index in [-0.39, 0.29) is 27.6 Å². The molecule has 0 unspecified atom stereocenters. The van der Waals surface area contributed by atoms with Gasteiger partial charge in [-0.15, -0.1) is 0 Å². The van der Waals surface area contributed by atoms with Crippen molar-refractivity contribution in [3.8, 4) is 0 Å². The van der Waals surface area contributed by atoms with Gasteiger partial charge in [-0.2, -0.15) is 0 Å². The topological polar surface area (TPSA) is 169 Å². The summed E-state index contributed by atoms with van der Waals surface area (Å²) in [6.45, 7) is -0.650. The number of amides is 1. The smallest absolute Gasteiger partial charge is 0.271 e. The standard InChI is InChI=1S/C20H19N5O7S2/c1-33(29,30)24(17-5-2-6-18(12-17)25(27)28)14-20(26)22-15-7-9-19(10-8-15)34(31,32)23-16-4-3-11-21-13-16/h2-13,23H,14H2,1H3,(H,22,26). The maximum absolute atomic E-state index is 12.5. The van der Waals surface area contributed by atoms with Gasteiger partial charge < -0.3 is 5.32 Å². The number of non-ortho nitro benzene ring substituents is 1. The number of carbonyl (C=O) groups is 1. The molecule has 0 aliphatic rings. The van der Waals surface area contributed by atoms with Crippen LogP contribution in [-0.2, 0) is 24.8 Å². The highest BCUT2D eigenvalue weighted by Crippen LogP contribution is 2.23. The quantitative estimate of drug-likeness (QED) is 0.329. The normalized spacial score (nSPS) is 11.4. The van der Waals surface area contributed by atoms with E-state index in [4.69, 9.17) is 0 Å². The zero-order valence-electron chi connectivity index (χ0n) is 17.7. The Balaban J connectivity index is 1.73. The molecule has 0 saturated carbocycles. The van der Waals surface area contributed by atoms with Crippen LogP contribution in [0, 0.1) is 10.1 Å². The minimum atomic E-state index is -3.95. The molecule has 0 radical (unpaired) electrons. The van der Waals surface area contributed by atoms with Crippen LogP contribution in [0.3, 0.4) is 0 Å². The fourth-order valence-corrected chi connectivity index (χ4v) is 4.74. The van der Waals surface area contributed by atoms with Gasteiger partial charge in [0.25, 0.3) is 15.7 Å².